The molecule has 124 valence electrons. The SMILES string of the molecule is CNC1=C(C(=O)OC)C(C)(c2ccc(C)c(I)c2)C=C2CC13C=C23. The van der Waals surface area contributed by atoms with Crippen molar-refractivity contribution in [2.75, 3.05) is 14.2 Å². The molecule has 3 aliphatic carbocycles. The first-order valence-electron chi connectivity index (χ1n) is 8.11. The number of fused-ring (bicyclic) bond motifs is 2. The van der Waals surface area contributed by atoms with Crippen molar-refractivity contribution in [3.8, 4) is 0 Å². The van der Waals surface area contributed by atoms with Gasteiger partial charge in [-0.1, -0.05) is 24.3 Å². The molecular weight excluding hydrogens is 413 g/mol. The van der Waals surface area contributed by atoms with Gasteiger partial charge in [-0.05, 0) is 71.2 Å². The van der Waals surface area contributed by atoms with Crippen LogP contribution in [0.3, 0.4) is 0 Å². The first-order chi connectivity index (χ1) is 11.4. The summed E-state index contributed by atoms with van der Waals surface area (Å²) in [5, 5.41) is 3.32. The third-order valence-corrected chi connectivity index (χ3v) is 6.85. The first kappa shape index (κ1) is 15.9. The van der Waals surface area contributed by atoms with Gasteiger partial charge in [0.25, 0.3) is 0 Å². The molecule has 1 spiro atoms. The maximum Gasteiger partial charge on any atom is 0.336 e. The molecule has 0 aliphatic heterocycles. The molecule has 0 radical (unpaired) electrons. The molecular formula is C20H20INO2. The van der Waals surface area contributed by atoms with Crippen LogP contribution in [0, 0.1) is 15.9 Å². The van der Waals surface area contributed by atoms with Gasteiger partial charge in [0.2, 0.25) is 0 Å². The van der Waals surface area contributed by atoms with E-state index in [0.717, 1.165) is 23.3 Å². The molecule has 4 rings (SSSR count). The molecule has 2 bridgehead atoms. The van der Waals surface area contributed by atoms with E-state index in [0.29, 0.717) is 0 Å². The van der Waals surface area contributed by atoms with Gasteiger partial charge in [-0.25, -0.2) is 4.79 Å². The largest absolute Gasteiger partial charge is 0.466 e. The van der Waals surface area contributed by atoms with E-state index in [9.17, 15) is 4.79 Å². The second kappa shape index (κ2) is 4.97. The van der Waals surface area contributed by atoms with E-state index < -0.39 is 5.41 Å². The van der Waals surface area contributed by atoms with Crippen LogP contribution in [-0.2, 0) is 14.9 Å². The molecule has 1 fully saturated rings. The Bertz CT molecular complexity index is 880. The number of esters is 1. The van der Waals surface area contributed by atoms with Crippen LogP contribution in [0.15, 0.2) is 52.8 Å². The van der Waals surface area contributed by atoms with E-state index in [-0.39, 0.29) is 11.4 Å². The summed E-state index contributed by atoms with van der Waals surface area (Å²) in [6.07, 6.45) is 5.52. The van der Waals surface area contributed by atoms with Gasteiger partial charge < -0.3 is 10.1 Å². The maximum absolute atomic E-state index is 12.8. The summed E-state index contributed by atoms with van der Waals surface area (Å²) in [7, 11) is 3.36. The predicted molar refractivity (Wildman–Crippen MR) is 103 cm³/mol. The van der Waals surface area contributed by atoms with Crippen molar-refractivity contribution in [1.82, 2.24) is 5.32 Å². The number of halogens is 1. The van der Waals surface area contributed by atoms with Gasteiger partial charge in [-0.2, -0.15) is 0 Å². The topological polar surface area (TPSA) is 38.3 Å². The van der Waals surface area contributed by atoms with Crippen LogP contribution in [0.5, 0.6) is 0 Å². The van der Waals surface area contributed by atoms with Gasteiger partial charge in [0.15, 0.2) is 0 Å². The minimum Gasteiger partial charge on any atom is -0.466 e. The van der Waals surface area contributed by atoms with Crippen LogP contribution in [0.2, 0.25) is 0 Å². The number of hydrogen-bond donors (Lipinski definition) is 1. The Morgan fingerprint density at radius 1 is 1.33 bits per heavy atom. The Labute approximate surface area is 156 Å². The number of methoxy groups -OCH3 is 1. The number of benzene rings is 1. The Balaban J connectivity index is 1.99. The molecule has 0 aromatic heterocycles. The molecule has 2 unspecified atom stereocenters. The normalized spacial score (nSPS) is 29.7. The van der Waals surface area contributed by atoms with Gasteiger partial charge in [-0.15, -0.1) is 0 Å². The Morgan fingerprint density at radius 3 is 2.67 bits per heavy atom. The lowest BCUT2D eigenvalue weighted by Gasteiger charge is -2.32. The highest BCUT2D eigenvalue weighted by Gasteiger charge is 2.62. The molecule has 3 aliphatic rings. The summed E-state index contributed by atoms with van der Waals surface area (Å²) in [5.41, 5.74) is 6.30. The fourth-order valence-corrected chi connectivity index (χ4v) is 4.78. The third kappa shape index (κ3) is 1.86. The van der Waals surface area contributed by atoms with Crippen molar-refractivity contribution in [3.05, 3.63) is 67.5 Å². The molecule has 1 aromatic carbocycles. The van der Waals surface area contributed by atoms with E-state index in [1.54, 1.807) is 0 Å². The monoisotopic (exact) mass is 433 g/mol. The van der Waals surface area contributed by atoms with Gasteiger partial charge in [0.1, 0.15) is 0 Å². The number of carbonyl (C=O) groups is 1. The van der Waals surface area contributed by atoms with E-state index in [1.807, 2.05) is 7.05 Å². The van der Waals surface area contributed by atoms with Crippen LogP contribution in [0.1, 0.15) is 24.5 Å². The van der Waals surface area contributed by atoms with E-state index >= 15 is 0 Å². The molecule has 1 aromatic rings. The molecule has 1 N–H and O–H groups in total. The zero-order valence-electron chi connectivity index (χ0n) is 14.3. The lowest BCUT2D eigenvalue weighted by atomic mass is 9.74. The minimum atomic E-state index is -0.494. The van der Waals surface area contributed by atoms with Crippen LogP contribution in [-0.4, -0.2) is 20.1 Å². The van der Waals surface area contributed by atoms with Crippen molar-refractivity contribution in [2.45, 2.75) is 25.7 Å². The second-order valence-electron chi connectivity index (χ2n) is 7.03. The number of allylic oxidation sites excluding steroid dienone is 3. The molecule has 0 saturated heterocycles. The summed E-state index contributed by atoms with van der Waals surface area (Å²) in [5.74, 6) is -0.254. The summed E-state index contributed by atoms with van der Waals surface area (Å²) >= 11 is 2.36. The zero-order chi connectivity index (χ0) is 17.3. The van der Waals surface area contributed by atoms with E-state index in [1.165, 1.54) is 27.4 Å². The van der Waals surface area contributed by atoms with Gasteiger partial charge in [0, 0.05) is 21.7 Å². The summed E-state index contributed by atoms with van der Waals surface area (Å²) in [6, 6.07) is 6.44. The third-order valence-electron chi connectivity index (χ3n) is 5.69. The maximum atomic E-state index is 12.8. The molecule has 4 heteroatoms. The summed E-state index contributed by atoms with van der Waals surface area (Å²) in [4.78, 5) is 12.8. The van der Waals surface area contributed by atoms with Crippen LogP contribution in [0.4, 0.5) is 0 Å². The van der Waals surface area contributed by atoms with E-state index in [2.05, 4.69) is 72.1 Å². The highest BCUT2D eigenvalue weighted by Crippen LogP contribution is 2.70. The molecule has 3 nitrogen and oxygen atoms in total. The molecule has 24 heavy (non-hydrogen) atoms. The number of ether oxygens (including phenoxy) is 1. The zero-order valence-corrected chi connectivity index (χ0v) is 16.4. The van der Waals surface area contributed by atoms with Crippen molar-refractivity contribution in [1.29, 1.82) is 0 Å². The van der Waals surface area contributed by atoms with Crippen LogP contribution in [0.25, 0.3) is 0 Å². The van der Waals surface area contributed by atoms with Crippen molar-refractivity contribution >= 4 is 28.6 Å². The highest BCUT2D eigenvalue weighted by molar-refractivity contribution is 14.1. The number of nitrogens with one attached hydrogen (secondary N) is 1. The Kier molecular flexibility index (Phi) is 3.30. The Hall–Kier alpha value is -1.56. The average molecular weight is 433 g/mol. The minimum absolute atomic E-state index is 0.0419. The van der Waals surface area contributed by atoms with Crippen molar-refractivity contribution in [2.24, 2.45) is 5.41 Å². The van der Waals surface area contributed by atoms with Gasteiger partial charge >= 0.3 is 5.97 Å². The van der Waals surface area contributed by atoms with E-state index in [4.69, 9.17) is 4.74 Å². The predicted octanol–water partition coefficient (Wildman–Crippen LogP) is 3.77. The quantitative estimate of drug-likeness (QED) is 0.583. The fraction of sp³-hybridized carbons (Fsp3) is 0.350. The number of hydrogen-bond acceptors (Lipinski definition) is 3. The van der Waals surface area contributed by atoms with Gasteiger partial charge in [0.05, 0.1) is 18.1 Å². The summed E-state index contributed by atoms with van der Waals surface area (Å²) < 4.78 is 6.40. The van der Waals surface area contributed by atoms with Crippen molar-refractivity contribution < 1.29 is 9.53 Å². The van der Waals surface area contributed by atoms with Crippen molar-refractivity contribution in [3.63, 3.8) is 0 Å². The molecule has 0 amide bonds. The number of carbonyl (C=O) groups excluding carboxylic acids is 1. The number of rotatable bonds is 3. The smallest absolute Gasteiger partial charge is 0.336 e. The lowest BCUT2D eigenvalue weighted by Crippen LogP contribution is -2.34. The standard InChI is InChI=1S/C20H20INO2/c1-11-5-6-13(7-15(11)21)19(2)8-12-9-20(10-14(12)20)17(22-3)16(19)18(23)24-4/h5-8,10,22H,9H2,1-4H3. The summed E-state index contributed by atoms with van der Waals surface area (Å²) in [6.45, 7) is 4.23. The Morgan fingerprint density at radius 2 is 2.08 bits per heavy atom. The molecule has 1 saturated carbocycles. The molecule has 2 atom stereocenters. The molecule has 0 heterocycles. The fourth-order valence-electron chi connectivity index (χ4n) is 4.26. The number of aryl methyl sites for hydroxylation is 1. The lowest BCUT2D eigenvalue weighted by molar-refractivity contribution is -0.136. The average Bonchev–Trinajstić information content (AvgIpc) is 3.21. The second-order valence-corrected chi connectivity index (χ2v) is 8.20. The first-order valence-corrected chi connectivity index (χ1v) is 9.18. The highest BCUT2D eigenvalue weighted by atomic mass is 127. The van der Waals surface area contributed by atoms with Crippen LogP contribution >= 0.6 is 22.6 Å². The van der Waals surface area contributed by atoms with Crippen LogP contribution < -0.4 is 5.32 Å². The van der Waals surface area contributed by atoms with Gasteiger partial charge in [-0.3, -0.25) is 0 Å².